The van der Waals surface area contributed by atoms with E-state index < -0.39 is 0 Å². The van der Waals surface area contributed by atoms with E-state index in [-0.39, 0.29) is 5.17 Å². The van der Waals surface area contributed by atoms with Crippen molar-refractivity contribution in [3.63, 3.8) is 0 Å². The standard InChI is InChI=1S/C14H10Cl3NO2/c15-11-6-10(14(17)18-19)7-12(16)13(11)20-8-9-4-2-1-3-5-9/h1-7,19H,8H2/b18-14+. The Morgan fingerprint density at radius 1 is 1.10 bits per heavy atom. The van der Waals surface area contributed by atoms with Crippen molar-refractivity contribution in [2.45, 2.75) is 6.61 Å². The van der Waals surface area contributed by atoms with Gasteiger partial charge in [-0.1, -0.05) is 70.3 Å². The zero-order valence-electron chi connectivity index (χ0n) is 10.2. The van der Waals surface area contributed by atoms with Gasteiger partial charge in [0.15, 0.2) is 10.9 Å². The predicted molar refractivity (Wildman–Crippen MR) is 81.4 cm³/mol. The molecule has 0 atom stereocenters. The van der Waals surface area contributed by atoms with Crippen LogP contribution in [-0.2, 0) is 6.61 Å². The van der Waals surface area contributed by atoms with Gasteiger partial charge in [0.25, 0.3) is 0 Å². The van der Waals surface area contributed by atoms with Gasteiger partial charge in [0.1, 0.15) is 6.61 Å². The Bertz CT molecular complexity index is 607. The maximum absolute atomic E-state index is 8.63. The molecule has 0 aliphatic heterocycles. The van der Waals surface area contributed by atoms with E-state index in [9.17, 15) is 0 Å². The Labute approximate surface area is 131 Å². The number of ether oxygens (including phenoxy) is 1. The van der Waals surface area contributed by atoms with Crippen LogP contribution in [-0.4, -0.2) is 10.4 Å². The first-order valence-electron chi connectivity index (χ1n) is 5.65. The molecule has 0 aliphatic carbocycles. The quantitative estimate of drug-likeness (QED) is 0.490. The Hall–Kier alpha value is -1.42. The second-order valence-corrected chi connectivity index (χ2v) is 5.11. The molecule has 2 rings (SSSR count). The van der Waals surface area contributed by atoms with Crippen molar-refractivity contribution in [2.75, 3.05) is 0 Å². The first-order chi connectivity index (χ1) is 9.61. The Kier molecular flexibility index (Phi) is 5.12. The van der Waals surface area contributed by atoms with Gasteiger partial charge >= 0.3 is 0 Å². The molecule has 6 heteroatoms. The summed E-state index contributed by atoms with van der Waals surface area (Å²) in [6.07, 6.45) is 0. The van der Waals surface area contributed by atoms with Crippen molar-refractivity contribution in [2.24, 2.45) is 5.16 Å². The molecule has 0 amide bonds. The summed E-state index contributed by atoms with van der Waals surface area (Å²) in [5, 5.41) is 12.0. The van der Waals surface area contributed by atoms with Crippen LogP contribution < -0.4 is 4.74 Å². The second kappa shape index (κ2) is 6.84. The molecule has 0 unspecified atom stereocenters. The molecule has 0 radical (unpaired) electrons. The predicted octanol–water partition coefficient (Wildman–Crippen LogP) is 4.95. The van der Waals surface area contributed by atoms with Gasteiger partial charge in [0, 0.05) is 5.56 Å². The average Bonchev–Trinajstić information content (AvgIpc) is 2.46. The average molecular weight is 331 g/mol. The minimum absolute atomic E-state index is 0.0941. The van der Waals surface area contributed by atoms with Crippen LogP contribution in [0.3, 0.4) is 0 Å². The number of benzene rings is 2. The zero-order valence-corrected chi connectivity index (χ0v) is 12.5. The molecule has 3 nitrogen and oxygen atoms in total. The largest absolute Gasteiger partial charge is 0.486 e. The lowest BCUT2D eigenvalue weighted by Crippen LogP contribution is -1.98. The lowest BCUT2D eigenvalue weighted by molar-refractivity contribution is 0.306. The number of hydrogen-bond acceptors (Lipinski definition) is 3. The van der Waals surface area contributed by atoms with Gasteiger partial charge in [-0.3, -0.25) is 0 Å². The molecule has 0 aromatic heterocycles. The van der Waals surface area contributed by atoms with Gasteiger partial charge < -0.3 is 9.94 Å². The summed E-state index contributed by atoms with van der Waals surface area (Å²) in [5.74, 6) is 0.364. The van der Waals surface area contributed by atoms with E-state index in [4.69, 9.17) is 44.7 Å². The van der Waals surface area contributed by atoms with Gasteiger partial charge in [-0.25, -0.2) is 0 Å². The maximum Gasteiger partial charge on any atom is 0.175 e. The smallest absolute Gasteiger partial charge is 0.175 e. The molecule has 0 saturated heterocycles. The summed E-state index contributed by atoms with van der Waals surface area (Å²) >= 11 is 17.9. The van der Waals surface area contributed by atoms with Crippen LogP contribution in [0.2, 0.25) is 10.0 Å². The van der Waals surface area contributed by atoms with E-state index in [2.05, 4.69) is 5.16 Å². The number of rotatable bonds is 4. The third-order valence-electron chi connectivity index (χ3n) is 2.55. The molecule has 1 N–H and O–H groups in total. The Morgan fingerprint density at radius 3 is 2.25 bits per heavy atom. The highest BCUT2D eigenvalue weighted by Crippen LogP contribution is 2.35. The molecule has 0 fully saturated rings. The summed E-state index contributed by atoms with van der Waals surface area (Å²) in [7, 11) is 0. The Balaban J connectivity index is 2.21. The molecule has 0 bridgehead atoms. The first kappa shape index (κ1) is 15.0. The number of hydrogen-bond donors (Lipinski definition) is 1. The van der Waals surface area contributed by atoms with Gasteiger partial charge in [-0.05, 0) is 17.7 Å². The SMILES string of the molecule is O/N=C(/Cl)c1cc(Cl)c(OCc2ccccc2)c(Cl)c1. The lowest BCUT2D eigenvalue weighted by atomic mass is 10.2. The highest BCUT2D eigenvalue weighted by Gasteiger charge is 2.12. The summed E-state index contributed by atoms with van der Waals surface area (Å²) in [4.78, 5) is 0. The highest BCUT2D eigenvalue weighted by atomic mass is 35.5. The second-order valence-electron chi connectivity index (χ2n) is 3.93. The van der Waals surface area contributed by atoms with Crippen molar-refractivity contribution in [1.29, 1.82) is 0 Å². The fourth-order valence-electron chi connectivity index (χ4n) is 1.60. The molecule has 0 spiro atoms. The summed E-state index contributed by atoms with van der Waals surface area (Å²) in [5.41, 5.74) is 1.41. The van der Waals surface area contributed by atoms with E-state index in [1.165, 1.54) is 12.1 Å². The van der Waals surface area contributed by atoms with E-state index in [1.807, 2.05) is 30.3 Å². The molecule has 0 aliphatic rings. The maximum atomic E-state index is 8.63. The van der Waals surface area contributed by atoms with Crippen LogP contribution in [0, 0.1) is 0 Å². The molecule has 104 valence electrons. The minimum Gasteiger partial charge on any atom is -0.486 e. The van der Waals surface area contributed by atoms with Gasteiger partial charge in [-0.15, -0.1) is 0 Å². The molecule has 2 aromatic carbocycles. The third kappa shape index (κ3) is 3.57. The fraction of sp³-hybridized carbons (Fsp3) is 0.0714. The molecule has 2 aromatic rings. The third-order valence-corrected chi connectivity index (χ3v) is 3.41. The van der Waals surface area contributed by atoms with E-state index in [0.29, 0.717) is 28.0 Å². The van der Waals surface area contributed by atoms with Crippen LogP contribution in [0.4, 0.5) is 0 Å². The normalized spacial score (nSPS) is 11.4. The highest BCUT2D eigenvalue weighted by molar-refractivity contribution is 6.69. The summed E-state index contributed by atoms with van der Waals surface area (Å²) in [6, 6.07) is 12.7. The van der Waals surface area contributed by atoms with Crippen LogP contribution in [0.25, 0.3) is 0 Å². The van der Waals surface area contributed by atoms with Gasteiger partial charge in [-0.2, -0.15) is 0 Å². The van der Waals surface area contributed by atoms with Crippen LogP contribution in [0.5, 0.6) is 5.75 Å². The number of oxime groups is 1. The number of nitrogens with zero attached hydrogens (tertiary/aromatic N) is 1. The topological polar surface area (TPSA) is 41.8 Å². The summed E-state index contributed by atoms with van der Waals surface area (Å²) < 4.78 is 5.61. The van der Waals surface area contributed by atoms with E-state index in [1.54, 1.807) is 0 Å². The Morgan fingerprint density at radius 2 is 1.70 bits per heavy atom. The first-order valence-corrected chi connectivity index (χ1v) is 6.79. The minimum atomic E-state index is -0.0941. The lowest BCUT2D eigenvalue weighted by Gasteiger charge is -2.11. The van der Waals surface area contributed by atoms with Crippen LogP contribution >= 0.6 is 34.8 Å². The molecule has 0 saturated carbocycles. The molecule has 20 heavy (non-hydrogen) atoms. The van der Waals surface area contributed by atoms with E-state index in [0.717, 1.165) is 5.56 Å². The van der Waals surface area contributed by atoms with Crippen molar-refractivity contribution < 1.29 is 9.94 Å². The van der Waals surface area contributed by atoms with Crippen LogP contribution in [0.1, 0.15) is 11.1 Å². The number of halogens is 3. The fourth-order valence-corrected chi connectivity index (χ4v) is 2.31. The monoisotopic (exact) mass is 329 g/mol. The molecular formula is C14H10Cl3NO2. The van der Waals surface area contributed by atoms with Crippen molar-refractivity contribution in [3.05, 3.63) is 63.6 Å². The molecule has 0 heterocycles. The summed E-state index contributed by atoms with van der Waals surface area (Å²) in [6.45, 7) is 0.349. The van der Waals surface area contributed by atoms with E-state index >= 15 is 0 Å². The van der Waals surface area contributed by atoms with Gasteiger partial charge in [0.2, 0.25) is 0 Å². The zero-order chi connectivity index (χ0) is 14.5. The van der Waals surface area contributed by atoms with Crippen molar-refractivity contribution in [1.82, 2.24) is 0 Å². The van der Waals surface area contributed by atoms with Crippen LogP contribution in [0.15, 0.2) is 47.6 Å². The molecular weight excluding hydrogens is 321 g/mol. The van der Waals surface area contributed by atoms with Gasteiger partial charge in [0.05, 0.1) is 10.0 Å². The van der Waals surface area contributed by atoms with Crippen molar-refractivity contribution >= 4 is 40.0 Å². The van der Waals surface area contributed by atoms with Crippen molar-refractivity contribution in [3.8, 4) is 5.75 Å².